The largest absolute Gasteiger partial charge is 0.456 e. The van der Waals surface area contributed by atoms with Gasteiger partial charge in [0.25, 0.3) is 0 Å². The molecule has 22 heavy (non-hydrogen) atoms. The van der Waals surface area contributed by atoms with E-state index in [4.69, 9.17) is 4.74 Å². The van der Waals surface area contributed by atoms with Gasteiger partial charge in [0.2, 0.25) is 0 Å². The lowest BCUT2D eigenvalue weighted by molar-refractivity contribution is 0.00687. The van der Waals surface area contributed by atoms with Gasteiger partial charge in [-0.25, -0.2) is 9.18 Å². The van der Waals surface area contributed by atoms with Gasteiger partial charge in [0.1, 0.15) is 11.4 Å². The maximum Gasteiger partial charge on any atom is 0.340 e. The van der Waals surface area contributed by atoms with Crippen molar-refractivity contribution in [1.29, 1.82) is 0 Å². The molecule has 2 rings (SSSR count). The quantitative estimate of drug-likeness (QED) is 0.583. The van der Waals surface area contributed by atoms with Gasteiger partial charge in [-0.1, -0.05) is 30.0 Å². The lowest BCUT2D eigenvalue weighted by Gasteiger charge is -2.19. The summed E-state index contributed by atoms with van der Waals surface area (Å²) in [6.07, 6.45) is 0. The van der Waals surface area contributed by atoms with Gasteiger partial charge in [0, 0.05) is 11.1 Å². The minimum Gasteiger partial charge on any atom is -0.456 e. The first-order valence-electron chi connectivity index (χ1n) is 6.95. The molecule has 0 aliphatic heterocycles. The van der Waals surface area contributed by atoms with Gasteiger partial charge >= 0.3 is 5.97 Å². The van der Waals surface area contributed by atoms with Crippen LogP contribution >= 0.6 is 0 Å². The van der Waals surface area contributed by atoms with E-state index in [1.165, 1.54) is 12.1 Å². The van der Waals surface area contributed by atoms with E-state index < -0.39 is 17.4 Å². The normalized spacial score (nSPS) is 10.5. The monoisotopic (exact) mass is 296 g/mol. The van der Waals surface area contributed by atoms with E-state index in [9.17, 15) is 9.18 Å². The molecule has 0 spiro atoms. The number of halogens is 1. The first-order valence-corrected chi connectivity index (χ1v) is 6.95. The van der Waals surface area contributed by atoms with Crippen molar-refractivity contribution in [1.82, 2.24) is 0 Å². The number of esters is 1. The highest BCUT2D eigenvalue weighted by Gasteiger charge is 2.20. The fourth-order valence-corrected chi connectivity index (χ4v) is 1.79. The van der Waals surface area contributed by atoms with Crippen LogP contribution < -0.4 is 0 Å². The third-order valence-corrected chi connectivity index (χ3v) is 2.72. The SMILES string of the molecule is CC(C)(C)OC(=O)c1cc(F)ccc1C#Cc1ccccc1. The molecule has 0 atom stereocenters. The summed E-state index contributed by atoms with van der Waals surface area (Å²) in [4.78, 5) is 12.2. The van der Waals surface area contributed by atoms with Crippen LogP contribution in [0.2, 0.25) is 0 Å². The Bertz CT molecular complexity index is 732. The van der Waals surface area contributed by atoms with Crippen molar-refractivity contribution in [3.63, 3.8) is 0 Å². The molecule has 0 bridgehead atoms. The van der Waals surface area contributed by atoms with Crippen LogP contribution in [0.5, 0.6) is 0 Å². The van der Waals surface area contributed by atoms with Crippen LogP contribution in [-0.4, -0.2) is 11.6 Å². The Balaban J connectivity index is 2.37. The van der Waals surface area contributed by atoms with Crippen LogP contribution in [-0.2, 0) is 4.74 Å². The maximum atomic E-state index is 13.4. The van der Waals surface area contributed by atoms with Crippen LogP contribution in [0, 0.1) is 17.7 Å². The number of carbonyl (C=O) groups is 1. The van der Waals surface area contributed by atoms with Crippen LogP contribution in [0.15, 0.2) is 48.5 Å². The smallest absolute Gasteiger partial charge is 0.340 e. The van der Waals surface area contributed by atoms with Gasteiger partial charge in [0.05, 0.1) is 5.56 Å². The van der Waals surface area contributed by atoms with Crippen molar-refractivity contribution in [3.05, 3.63) is 71.0 Å². The number of rotatable bonds is 1. The fourth-order valence-electron chi connectivity index (χ4n) is 1.79. The highest BCUT2D eigenvalue weighted by atomic mass is 19.1. The van der Waals surface area contributed by atoms with Gasteiger partial charge < -0.3 is 4.74 Å². The number of benzene rings is 2. The van der Waals surface area contributed by atoms with Crippen molar-refractivity contribution in [2.75, 3.05) is 0 Å². The molecule has 0 fully saturated rings. The molecule has 0 N–H and O–H groups in total. The third kappa shape index (κ3) is 4.46. The lowest BCUT2D eigenvalue weighted by Crippen LogP contribution is -2.24. The van der Waals surface area contributed by atoms with Crippen LogP contribution in [0.25, 0.3) is 0 Å². The number of ether oxygens (including phenoxy) is 1. The molecule has 2 nitrogen and oxygen atoms in total. The number of hydrogen-bond donors (Lipinski definition) is 0. The van der Waals surface area contributed by atoms with Gasteiger partial charge in [-0.05, 0) is 51.1 Å². The number of carbonyl (C=O) groups excluding carboxylic acids is 1. The Labute approximate surface area is 129 Å². The van der Waals surface area contributed by atoms with Crippen molar-refractivity contribution < 1.29 is 13.9 Å². The summed E-state index contributed by atoms with van der Waals surface area (Å²) in [6, 6.07) is 13.3. The zero-order valence-corrected chi connectivity index (χ0v) is 12.8. The van der Waals surface area contributed by atoms with Gasteiger partial charge in [-0.15, -0.1) is 0 Å². The first kappa shape index (κ1) is 15.8. The Kier molecular flexibility index (Phi) is 4.62. The summed E-state index contributed by atoms with van der Waals surface area (Å²) in [5.41, 5.74) is 0.757. The van der Waals surface area contributed by atoms with Gasteiger partial charge in [0.15, 0.2) is 0 Å². The van der Waals surface area contributed by atoms with Crippen molar-refractivity contribution >= 4 is 5.97 Å². The molecule has 3 heteroatoms. The standard InChI is InChI=1S/C19H17FO2/c1-19(2,3)22-18(21)17-13-16(20)12-11-15(17)10-9-14-7-5-4-6-8-14/h4-8,11-13H,1-3H3. The summed E-state index contributed by atoms with van der Waals surface area (Å²) in [5, 5.41) is 0. The Morgan fingerprint density at radius 2 is 1.73 bits per heavy atom. The minimum absolute atomic E-state index is 0.137. The molecule has 0 heterocycles. The molecule has 2 aromatic carbocycles. The topological polar surface area (TPSA) is 26.3 Å². The van der Waals surface area contributed by atoms with Crippen LogP contribution in [0.1, 0.15) is 42.3 Å². The summed E-state index contributed by atoms with van der Waals surface area (Å²) >= 11 is 0. The predicted molar refractivity (Wildman–Crippen MR) is 84.0 cm³/mol. The average molecular weight is 296 g/mol. The zero-order valence-electron chi connectivity index (χ0n) is 12.8. The summed E-state index contributed by atoms with van der Waals surface area (Å²) in [6.45, 7) is 5.29. The minimum atomic E-state index is -0.645. The molecule has 2 aromatic rings. The first-order chi connectivity index (χ1) is 10.3. The van der Waals surface area contributed by atoms with Crippen molar-refractivity contribution in [3.8, 4) is 11.8 Å². The molecular weight excluding hydrogens is 279 g/mol. The molecule has 112 valence electrons. The second-order valence-corrected chi connectivity index (χ2v) is 5.81. The molecule has 0 aromatic heterocycles. The van der Waals surface area contributed by atoms with Gasteiger partial charge in [-0.2, -0.15) is 0 Å². The second-order valence-electron chi connectivity index (χ2n) is 5.81. The molecular formula is C19H17FO2. The van der Waals surface area contributed by atoms with E-state index in [2.05, 4.69) is 11.8 Å². The van der Waals surface area contributed by atoms with Gasteiger partial charge in [-0.3, -0.25) is 0 Å². The molecule has 0 aliphatic carbocycles. The van der Waals surface area contributed by atoms with Crippen LogP contribution in [0.4, 0.5) is 4.39 Å². The van der Waals surface area contributed by atoms with E-state index >= 15 is 0 Å². The van der Waals surface area contributed by atoms with Crippen LogP contribution in [0.3, 0.4) is 0 Å². The maximum absolute atomic E-state index is 13.4. The fraction of sp³-hybridized carbons (Fsp3) is 0.211. The van der Waals surface area contributed by atoms with Crippen molar-refractivity contribution in [2.24, 2.45) is 0 Å². The Hall–Kier alpha value is -2.60. The number of hydrogen-bond acceptors (Lipinski definition) is 2. The van der Waals surface area contributed by atoms with E-state index in [0.717, 1.165) is 11.6 Å². The third-order valence-electron chi connectivity index (χ3n) is 2.72. The van der Waals surface area contributed by atoms with E-state index in [1.807, 2.05) is 30.3 Å². The zero-order chi connectivity index (χ0) is 16.2. The summed E-state index contributed by atoms with van der Waals surface area (Å²) < 4.78 is 18.7. The molecule has 0 amide bonds. The molecule has 0 saturated heterocycles. The van der Waals surface area contributed by atoms with E-state index in [-0.39, 0.29) is 5.56 Å². The summed E-state index contributed by atoms with van der Waals surface area (Å²) in [7, 11) is 0. The lowest BCUT2D eigenvalue weighted by atomic mass is 10.1. The van der Waals surface area contributed by atoms with Crippen molar-refractivity contribution in [2.45, 2.75) is 26.4 Å². The van der Waals surface area contributed by atoms with E-state index in [1.54, 1.807) is 20.8 Å². The molecule has 0 saturated carbocycles. The highest BCUT2D eigenvalue weighted by molar-refractivity contribution is 5.92. The molecule has 0 radical (unpaired) electrons. The Morgan fingerprint density at radius 3 is 2.36 bits per heavy atom. The van der Waals surface area contributed by atoms with E-state index in [0.29, 0.717) is 5.56 Å². The highest BCUT2D eigenvalue weighted by Crippen LogP contribution is 2.16. The predicted octanol–water partition coefficient (Wildman–Crippen LogP) is 4.18. The molecule has 0 aliphatic rings. The summed E-state index contributed by atoms with van der Waals surface area (Å²) in [5.74, 6) is 4.79. The average Bonchev–Trinajstić information content (AvgIpc) is 2.45. The second kappa shape index (κ2) is 6.44. The molecule has 0 unspecified atom stereocenters. The Morgan fingerprint density at radius 1 is 1.05 bits per heavy atom.